The highest BCUT2D eigenvalue weighted by atomic mass is 16.3. The van der Waals surface area contributed by atoms with Crippen molar-refractivity contribution in [3.05, 3.63) is 23.7 Å². The van der Waals surface area contributed by atoms with E-state index in [0.717, 1.165) is 24.6 Å². The van der Waals surface area contributed by atoms with Crippen LogP contribution in [0.15, 0.2) is 16.5 Å². The van der Waals surface area contributed by atoms with Crippen LogP contribution in [-0.2, 0) is 0 Å². The molecule has 0 aliphatic carbocycles. The molecule has 0 aromatic carbocycles. The number of hydrogen-bond donors (Lipinski definition) is 1. The van der Waals surface area contributed by atoms with Gasteiger partial charge in [-0.3, -0.25) is 0 Å². The number of aryl methyl sites for hydroxylation is 1. The SMILES string of the molecule is Cc1ccc([C@H]2CN(C)C[C@H]2N)o1. The molecule has 2 atom stereocenters. The Kier molecular flexibility index (Phi) is 2.14. The molecule has 1 aliphatic rings. The molecule has 1 saturated heterocycles. The summed E-state index contributed by atoms with van der Waals surface area (Å²) in [5.74, 6) is 2.38. The van der Waals surface area contributed by atoms with Crippen molar-refractivity contribution >= 4 is 0 Å². The average Bonchev–Trinajstić information content (AvgIpc) is 2.58. The Morgan fingerprint density at radius 2 is 2.23 bits per heavy atom. The molecule has 0 radical (unpaired) electrons. The Bertz CT molecular complexity index is 295. The van der Waals surface area contributed by atoms with Gasteiger partial charge in [0.15, 0.2) is 0 Å². The lowest BCUT2D eigenvalue weighted by Crippen LogP contribution is -2.27. The zero-order valence-corrected chi connectivity index (χ0v) is 8.16. The first-order valence-electron chi connectivity index (χ1n) is 4.67. The van der Waals surface area contributed by atoms with Gasteiger partial charge in [0.1, 0.15) is 11.5 Å². The lowest BCUT2D eigenvalue weighted by molar-refractivity contribution is 0.393. The highest BCUT2D eigenvalue weighted by Gasteiger charge is 2.31. The third-order valence-corrected chi connectivity index (χ3v) is 2.67. The van der Waals surface area contributed by atoms with Crippen LogP contribution in [0.2, 0.25) is 0 Å². The van der Waals surface area contributed by atoms with Crippen molar-refractivity contribution in [2.24, 2.45) is 5.73 Å². The summed E-state index contributed by atoms with van der Waals surface area (Å²) >= 11 is 0. The van der Waals surface area contributed by atoms with Crippen molar-refractivity contribution in [2.45, 2.75) is 18.9 Å². The Morgan fingerprint density at radius 1 is 1.46 bits per heavy atom. The molecule has 0 amide bonds. The summed E-state index contributed by atoms with van der Waals surface area (Å²) in [7, 11) is 2.09. The first-order chi connectivity index (χ1) is 6.16. The minimum absolute atomic E-state index is 0.218. The van der Waals surface area contributed by atoms with Crippen LogP contribution in [0.25, 0.3) is 0 Å². The molecular formula is C10H16N2O. The Morgan fingerprint density at radius 3 is 2.69 bits per heavy atom. The van der Waals surface area contributed by atoms with Crippen molar-refractivity contribution in [1.82, 2.24) is 4.90 Å². The van der Waals surface area contributed by atoms with E-state index in [1.54, 1.807) is 0 Å². The molecule has 1 fully saturated rings. The Balaban J connectivity index is 2.17. The van der Waals surface area contributed by atoms with E-state index in [1.165, 1.54) is 0 Å². The molecule has 0 saturated carbocycles. The molecule has 1 aliphatic heterocycles. The van der Waals surface area contributed by atoms with Crippen molar-refractivity contribution < 1.29 is 4.42 Å². The van der Waals surface area contributed by atoms with E-state index in [1.807, 2.05) is 19.1 Å². The fourth-order valence-electron chi connectivity index (χ4n) is 1.99. The van der Waals surface area contributed by atoms with Gasteiger partial charge in [-0.05, 0) is 26.1 Å². The summed E-state index contributed by atoms with van der Waals surface area (Å²) < 4.78 is 5.58. The van der Waals surface area contributed by atoms with Gasteiger partial charge in [0.05, 0.1) is 0 Å². The standard InChI is InChI=1S/C10H16N2O/c1-7-3-4-10(13-7)8-5-12(2)6-9(8)11/h3-4,8-9H,5-6,11H2,1-2H3/t8-,9+/m0/s1. The largest absolute Gasteiger partial charge is 0.466 e. The normalized spacial score (nSPS) is 29.8. The molecule has 3 heteroatoms. The van der Waals surface area contributed by atoms with Crippen LogP contribution in [0.1, 0.15) is 17.4 Å². The summed E-state index contributed by atoms with van der Waals surface area (Å²) in [6.07, 6.45) is 0. The van der Waals surface area contributed by atoms with E-state index >= 15 is 0 Å². The van der Waals surface area contributed by atoms with Crippen LogP contribution in [-0.4, -0.2) is 31.1 Å². The molecule has 13 heavy (non-hydrogen) atoms. The summed E-state index contributed by atoms with van der Waals surface area (Å²) in [5, 5.41) is 0. The number of rotatable bonds is 1. The maximum Gasteiger partial charge on any atom is 0.110 e. The molecule has 3 nitrogen and oxygen atoms in total. The highest BCUT2D eigenvalue weighted by Crippen LogP contribution is 2.26. The Hall–Kier alpha value is -0.800. The fourth-order valence-corrected chi connectivity index (χ4v) is 1.99. The van der Waals surface area contributed by atoms with E-state index < -0.39 is 0 Å². The second-order valence-corrected chi connectivity index (χ2v) is 3.94. The van der Waals surface area contributed by atoms with Crippen LogP contribution in [0.4, 0.5) is 0 Å². The molecule has 1 aromatic rings. The molecule has 72 valence electrons. The van der Waals surface area contributed by atoms with Crippen LogP contribution >= 0.6 is 0 Å². The van der Waals surface area contributed by atoms with Crippen LogP contribution < -0.4 is 5.73 Å². The smallest absolute Gasteiger partial charge is 0.110 e. The molecule has 2 rings (SSSR count). The molecular weight excluding hydrogens is 164 g/mol. The molecule has 0 unspecified atom stereocenters. The van der Waals surface area contributed by atoms with Gasteiger partial charge >= 0.3 is 0 Å². The van der Waals surface area contributed by atoms with E-state index in [0.29, 0.717) is 5.92 Å². The first kappa shape index (κ1) is 8.78. The minimum Gasteiger partial charge on any atom is -0.466 e. The number of likely N-dealkylation sites (N-methyl/N-ethyl adjacent to an activating group) is 1. The third-order valence-electron chi connectivity index (χ3n) is 2.67. The predicted octanol–water partition coefficient (Wildman–Crippen LogP) is 0.944. The van der Waals surface area contributed by atoms with Crippen LogP contribution in [0, 0.1) is 6.92 Å². The second-order valence-electron chi connectivity index (χ2n) is 3.94. The number of nitrogens with zero attached hydrogens (tertiary/aromatic N) is 1. The maximum atomic E-state index is 6.01. The van der Waals surface area contributed by atoms with Gasteiger partial charge < -0.3 is 15.1 Å². The van der Waals surface area contributed by atoms with E-state index in [2.05, 4.69) is 11.9 Å². The van der Waals surface area contributed by atoms with E-state index in [9.17, 15) is 0 Å². The van der Waals surface area contributed by atoms with E-state index in [-0.39, 0.29) is 6.04 Å². The minimum atomic E-state index is 0.218. The quantitative estimate of drug-likeness (QED) is 0.699. The lowest BCUT2D eigenvalue weighted by atomic mass is 10.0. The zero-order valence-electron chi connectivity index (χ0n) is 8.16. The lowest BCUT2D eigenvalue weighted by Gasteiger charge is -2.10. The van der Waals surface area contributed by atoms with Crippen LogP contribution in [0.3, 0.4) is 0 Å². The van der Waals surface area contributed by atoms with Crippen molar-refractivity contribution in [2.75, 3.05) is 20.1 Å². The zero-order chi connectivity index (χ0) is 9.42. The van der Waals surface area contributed by atoms with Gasteiger partial charge in [-0.25, -0.2) is 0 Å². The second kappa shape index (κ2) is 3.16. The van der Waals surface area contributed by atoms with Gasteiger partial charge in [-0.15, -0.1) is 0 Å². The van der Waals surface area contributed by atoms with Gasteiger partial charge in [0.25, 0.3) is 0 Å². The fraction of sp³-hybridized carbons (Fsp3) is 0.600. The van der Waals surface area contributed by atoms with Gasteiger partial charge in [-0.1, -0.05) is 0 Å². The number of likely N-dealkylation sites (tertiary alicyclic amines) is 1. The van der Waals surface area contributed by atoms with Crippen molar-refractivity contribution in [3.63, 3.8) is 0 Å². The van der Waals surface area contributed by atoms with Gasteiger partial charge in [0.2, 0.25) is 0 Å². The number of hydrogen-bond acceptors (Lipinski definition) is 3. The van der Waals surface area contributed by atoms with Gasteiger partial charge in [0, 0.05) is 25.0 Å². The molecule has 2 heterocycles. The monoisotopic (exact) mass is 180 g/mol. The molecule has 2 N–H and O–H groups in total. The van der Waals surface area contributed by atoms with E-state index in [4.69, 9.17) is 10.2 Å². The summed E-state index contributed by atoms with van der Waals surface area (Å²) in [5.41, 5.74) is 6.01. The predicted molar refractivity (Wildman–Crippen MR) is 51.7 cm³/mol. The van der Waals surface area contributed by atoms with Gasteiger partial charge in [-0.2, -0.15) is 0 Å². The highest BCUT2D eigenvalue weighted by molar-refractivity contribution is 5.15. The Labute approximate surface area is 78.5 Å². The topological polar surface area (TPSA) is 42.4 Å². The summed E-state index contributed by atoms with van der Waals surface area (Å²) in [6.45, 7) is 3.94. The number of nitrogens with two attached hydrogens (primary N) is 1. The van der Waals surface area contributed by atoms with Crippen LogP contribution in [0.5, 0.6) is 0 Å². The summed E-state index contributed by atoms with van der Waals surface area (Å²) in [4.78, 5) is 2.24. The average molecular weight is 180 g/mol. The molecule has 0 spiro atoms. The van der Waals surface area contributed by atoms with Crippen molar-refractivity contribution in [1.29, 1.82) is 0 Å². The molecule has 1 aromatic heterocycles. The van der Waals surface area contributed by atoms with Crippen molar-refractivity contribution in [3.8, 4) is 0 Å². The third kappa shape index (κ3) is 1.62. The summed E-state index contributed by atoms with van der Waals surface area (Å²) in [6, 6.07) is 4.26. The maximum absolute atomic E-state index is 6.01. The molecule has 0 bridgehead atoms. The first-order valence-corrected chi connectivity index (χ1v) is 4.67. The number of furan rings is 1.